The van der Waals surface area contributed by atoms with Crippen molar-refractivity contribution in [2.75, 3.05) is 13.1 Å². The number of hydrogen-bond donors (Lipinski definition) is 2. The summed E-state index contributed by atoms with van der Waals surface area (Å²) in [4.78, 5) is 13.6. The molecule has 2 N–H and O–H groups in total. The van der Waals surface area contributed by atoms with Gasteiger partial charge < -0.3 is 10.4 Å². The summed E-state index contributed by atoms with van der Waals surface area (Å²) in [5, 5.41) is 13.0. The monoisotopic (exact) mass is 296 g/mol. The molecule has 0 aromatic heterocycles. The summed E-state index contributed by atoms with van der Waals surface area (Å²) in [5.74, 6) is -0.353. The molecule has 1 aliphatic heterocycles. The Hall–Kier alpha value is -0.610. The first-order chi connectivity index (χ1) is 10.1. The lowest BCUT2D eigenvalue weighted by molar-refractivity contribution is -0.138. The molecular weight excluding hydrogens is 264 g/mol. The molecule has 0 radical (unpaired) electrons. The van der Waals surface area contributed by atoms with E-state index in [-0.39, 0.29) is 0 Å². The van der Waals surface area contributed by atoms with E-state index in [1.807, 2.05) is 0 Å². The van der Waals surface area contributed by atoms with Crippen LogP contribution in [0.4, 0.5) is 0 Å². The molecule has 1 aliphatic carbocycles. The third-order valence-electron chi connectivity index (χ3n) is 5.32. The number of aliphatic carboxylic acids is 1. The first-order valence-electron chi connectivity index (χ1n) is 8.80. The maximum Gasteiger partial charge on any atom is 0.303 e. The van der Waals surface area contributed by atoms with Crippen molar-refractivity contribution in [3.63, 3.8) is 0 Å². The Labute approximate surface area is 129 Å². The van der Waals surface area contributed by atoms with E-state index in [1.54, 1.807) is 0 Å². The van der Waals surface area contributed by atoms with Gasteiger partial charge in [0.1, 0.15) is 0 Å². The lowest BCUT2D eigenvalue weighted by atomic mass is 9.88. The molecule has 4 nitrogen and oxygen atoms in total. The molecule has 0 aromatic rings. The fraction of sp³-hybridized carbons (Fsp3) is 0.941. The van der Waals surface area contributed by atoms with E-state index < -0.39 is 5.97 Å². The van der Waals surface area contributed by atoms with E-state index in [9.17, 15) is 4.79 Å². The van der Waals surface area contributed by atoms with Crippen LogP contribution in [-0.4, -0.2) is 47.2 Å². The van der Waals surface area contributed by atoms with Crippen molar-refractivity contribution in [2.24, 2.45) is 5.92 Å². The van der Waals surface area contributed by atoms with Crippen LogP contribution in [0.3, 0.4) is 0 Å². The molecule has 0 aromatic carbocycles. The number of nitrogens with one attached hydrogen (secondary N) is 1. The van der Waals surface area contributed by atoms with Gasteiger partial charge in [0.25, 0.3) is 0 Å². The standard InChI is InChI=1S/C17H32N2O2/c1-3-13(2)19-11-14(10-17(20)21)9-16(12-19)18-15-7-5-4-6-8-15/h13-16,18H,3-12H2,1-2H3,(H,20,21). The zero-order valence-corrected chi connectivity index (χ0v) is 13.7. The minimum absolute atomic E-state index is 0.298. The number of carboxylic acids is 1. The van der Waals surface area contributed by atoms with Crippen molar-refractivity contribution < 1.29 is 9.90 Å². The Morgan fingerprint density at radius 2 is 1.95 bits per heavy atom. The van der Waals surface area contributed by atoms with Crippen molar-refractivity contribution in [1.29, 1.82) is 0 Å². The number of hydrogen-bond acceptors (Lipinski definition) is 3. The van der Waals surface area contributed by atoms with E-state index in [0.29, 0.717) is 30.5 Å². The van der Waals surface area contributed by atoms with Crippen LogP contribution in [0.5, 0.6) is 0 Å². The van der Waals surface area contributed by atoms with Crippen molar-refractivity contribution in [2.45, 2.75) is 83.3 Å². The van der Waals surface area contributed by atoms with E-state index in [4.69, 9.17) is 5.11 Å². The minimum atomic E-state index is -0.651. The molecule has 2 fully saturated rings. The lowest BCUT2D eigenvalue weighted by Crippen LogP contribution is -2.54. The molecule has 0 amide bonds. The number of carbonyl (C=O) groups is 1. The number of rotatable bonds is 6. The van der Waals surface area contributed by atoms with Crippen LogP contribution in [0.15, 0.2) is 0 Å². The van der Waals surface area contributed by atoms with Crippen LogP contribution in [0.2, 0.25) is 0 Å². The average molecular weight is 296 g/mol. The van der Waals surface area contributed by atoms with Gasteiger partial charge in [-0.05, 0) is 38.5 Å². The number of carboxylic acid groups (broad SMARTS) is 1. The second kappa shape index (κ2) is 8.14. The average Bonchev–Trinajstić information content (AvgIpc) is 2.46. The van der Waals surface area contributed by atoms with Gasteiger partial charge in [0.2, 0.25) is 0 Å². The van der Waals surface area contributed by atoms with E-state index >= 15 is 0 Å². The van der Waals surface area contributed by atoms with Gasteiger partial charge in [-0.2, -0.15) is 0 Å². The number of piperidine rings is 1. The van der Waals surface area contributed by atoms with E-state index in [2.05, 4.69) is 24.1 Å². The molecule has 0 bridgehead atoms. The van der Waals surface area contributed by atoms with Crippen LogP contribution >= 0.6 is 0 Å². The highest BCUT2D eigenvalue weighted by Gasteiger charge is 2.31. The van der Waals surface area contributed by atoms with Crippen LogP contribution < -0.4 is 5.32 Å². The summed E-state index contributed by atoms with van der Waals surface area (Å²) >= 11 is 0. The molecule has 3 atom stereocenters. The van der Waals surface area contributed by atoms with Gasteiger partial charge in [-0.15, -0.1) is 0 Å². The smallest absolute Gasteiger partial charge is 0.303 e. The van der Waals surface area contributed by atoms with Crippen LogP contribution in [-0.2, 0) is 4.79 Å². The summed E-state index contributed by atoms with van der Waals surface area (Å²) in [6.07, 6.45) is 9.13. The molecule has 3 unspecified atom stereocenters. The third-order valence-corrected chi connectivity index (χ3v) is 5.32. The fourth-order valence-electron chi connectivity index (χ4n) is 3.98. The molecule has 0 spiro atoms. The normalized spacial score (nSPS) is 30.2. The van der Waals surface area contributed by atoms with Crippen LogP contribution in [0.1, 0.15) is 65.2 Å². The predicted octanol–water partition coefficient (Wildman–Crippen LogP) is 2.87. The van der Waals surface area contributed by atoms with Crippen LogP contribution in [0.25, 0.3) is 0 Å². The van der Waals surface area contributed by atoms with Crippen LogP contribution in [0, 0.1) is 5.92 Å². The Bertz CT molecular complexity index is 327. The molecule has 1 heterocycles. The second-order valence-corrected chi connectivity index (χ2v) is 7.11. The summed E-state index contributed by atoms with van der Waals surface area (Å²) in [5.41, 5.74) is 0. The Balaban J connectivity index is 1.92. The zero-order chi connectivity index (χ0) is 15.2. The van der Waals surface area contributed by atoms with Gasteiger partial charge in [0, 0.05) is 37.6 Å². The Kier molecular flexibility index (Phi) is 6.49. The number of likely N-dealkylation sites (tertiary alicyclic amines) is 1. The Morgan fingerprint density at radius 1 is 1.24 bits per heavy atom. The second-order valence-electron chi connectivity index (χ2n) is 7.11. The SMILES string of the molecule is CCC(C)N1CC(CC(=O)O)CC(NC2CCCCC2)C1. The molecule has 2 rings (SSSR count). The lowest BCUT2D eigenvalue weighted by Gasteiger charge is -2.42. The molecule has 2 aliphatic rings. The maximum atomic E-state index is 11.1. The van der Waals surface area contributed by atoms with Crippen molar-refractivity contribution in [3.05, 3.63) is 0 Å². The maximum absolute atomic E-state index is 11.1. The molecule has 122 valence electrons. The van der Waals surface area contributed by atoms with Crippen molar-refractivity contribution >= 4 is 5.97 Å². The third kappa shape index (κ3) is 5.26. The summed E-state index contributed by atoms with van der Waals surface area (Å²) in [6, 6.07) is 1.68. The van der Waals surface area contributed by atoms with Gasteiger partial charge >= 0.3 is 5.97 Å². The topological polar surface area (TPSA) is 52.6 Å². The fourth-order valence-corrected chi connectivity index (χ4v) is 3.98. The van der Waals surface area contributed by atoms with Gasteiger partial charge in [-0.3, -0.25) is 9.69 Å². The van der Waals surface area contributed by atoms with Gasteiger partial charge in [-0.1, -0.05) is 26.2 Å². The minimum Gasteiger partial charge on any atom is -0.481 e. The number of nitrogens with zero attached hydrogens (tertiary/aromatic N) is 1. The van der Waals surface area contributed by atoms with Gasteiger partial charge in [0.15, 0.2) is 0 Å². The summed E-state index contributed by atoms with van der Waals surface area (Å²) in [6.45, 7) is 6.52. The first-order valence-corrected chi connectivity index (χ1v) is 8.80. The molecule has 1 saturated carbocycles. The van der Waals surface area contributed by atoms with E-state index in [1.165, 1.54) is 32.1 Å². The van der Waals surface area contributed by atoms with Crippen molar-refractivity contribution in [3.8, 4) is 0 Å². The van der Waals surface area contributed by atoms with Gasteiger partial charge in [-0.25, -0.2) is 0 Å². The van der Waals surface area contributed by atoms with E-state index in [0.717, 1.165) is 25.9 Å². The largest absolute Gasteiger partial charge is 0.481 e. The van der Waals surface area contributed by atoms with Gasteiger partial charge in [0.05, 0.1) is 0 Å². The summed E-state index contributed by atoms with van der Waals surface area (Å²) in [7, 11) is 0. The molecule has 1 saturated heterocycles. The predicted molar refractivity (Wildman–Crippen MR) is 85.5 cm³/mol. The highest BCUT2D eigenvalue weighted by Crippen LogP contribution is 2.25. The van der Waals surface area contributed by atoms with Crippen molar-refractivity contribution in [1.82, 2.24) is 10.2 Å². The molecule has 21 heavy (non-hydrogen) atoms. The Morgan fingerprint density at radius 3 is 2.57 bits per heavy atom. The summed E-state index contributed by atoms with van der Waals surface area (Å²) < 4.78 is 0. The zero-order valence-electron chi connectivity index (χ0n) is 13.7. The highest BCUT2D eigenvalue weighted by molar-refractivity contribution is 5.67. The quantitative estimate of drug-likeness (QED) is 0.791. The highest BCUT2D eigenvalue weighted by atomic mass is 16.4. The molecule has 4 heteroatoms. The molecular formula is C17H32N2O2. The first kappa shape index (κ1) is 16.8.